The number of aliphatic hydroxyl groups excluding tert-OH is 1. The molecule has 0 amide bonds. The molecule has 28 heavy (non-hydrogen) atoms. The predicted octanol–water partition coefficient (Wildman–Crippen LogP) is 1.06. The number of nitrogens with one attached hydrogen (secondary N) is 1. The molecule has 2 aromatic rings. The molecule has 3 rings (SSSR count). The number of esters is 1. The van der Waals surface area contributed by atoms with Crippen LogP contribution in [-0.2, 0) is 28.7 Å². The van der Waals surface area contributed by atoms with Crippen molar-refractivity contribution in [3.05, 3.63) is 34.6 Å². The molecule has 152 valence electrons. The molecule has 1 aromatic carbocycles. The van der Waals surface area contributed by atoms with Crippen molar-refractivity contribution in [3.8, 4) is 11.4 Å². The second kappa shape index (κ2) is 7.77. The van der Waals surface area contributed by atoms with Crippen LogP contribution < -0.4 is 4.90 Å². The van der Waals surface area contributed by atoms with E-state index < -0.39 is 12.1 Å². The summed E-state index contributed by atoms with van der Waals surface area (Å²) < 4.78 is 9.07. The molecule has 1 fully saturated rings. The number of likely N-dealkylation sites (tertiary alicyclic amines) is 1. The number of ether oxygens (including phenoxy) is 1. The van der Waals surface area contributed by atoms with Crippen LogP contribution in [0.15, 0.2) is 24.3 Å². The molecule has 0 bridgehead atoms. The summed E-state index contributed by atoms with van der Waals surface area (Å²) in [7, 11) is 3.27. The normalized spacial score (nSPS) is 22.4. The first-order valence-corrected chi connectivity index (χ1v) is 9.88. The maximum Gasteiger partial charge on any atom is 0.364 e. The number of hydrogen-bond acceptors (Lipinski definition) is 5. The van der Waals surface area contributed by atoms with Crippen molar-refractivity contribution in [2.75, 3.05) is 13.7 Å². The van der Waals surface area contributed by atoms with E-state index in [9.17, 15) is 9.90 Å². The molecule has 1 saturated heterocycles. The van der Waals surface area contributed by atoms with Crippen molar-refractivity contribution in [1.29, 1.82) is 0 Å². The molecule has 0 saturated carbocycles. The number of hydrogen-bond donors (Lipinski definition) is 2. The van der Waals surface area contributed by atoms with Gasteiger partial charge in [0, 0.05) is 19.0 Å². The summed E-state index contributed by atoms with van der Waals surface area (Å²) in [6.07, 6.45) is -0.134. The van der Waals surface area contributed by atoms with Crippen molar-refractivity contribution in [3.63, 3.8) is 0 Å². The van der Waals surface area contributed by atoms with Crippen LogP contribution in [0.1, 0.15) is 32.8 Å². The van der Waals surface area contributed by atoms with Crippen molar-refractivity contribution in [2.45, 2.75) is 51.4 Å². The summed E-state index contributed by atoms with van der Waals surface area (Å²) in [5.74, 6) is 0.464. The van der Waals surface area contributed by atoms with E-state index in [0.717, 1.165) is 16.3 Å². The van der Waals surface area contributed by atoms with E-state index >= 15 is 0 Å². The van der Waals surface area contributed by atoms with E-state index in [-0.39, 0.29) is 11.4 Å². The van der Waals surface area contributed by atoms with Gasteiger partial charge in [0.05, 0.1) is 7.11 Å². The third kappa shape index (κ3) is 4.04. The van der Waals surface area contributed by atoms with E-state index in [1.165, 1.54) is 12.7 Å². The standard InChI is InChI=1S/C20H28N4O3S/c1-20(2,3)14-8-6-13(7-9-14)17-21-24(19(28)22(17)4)12-23-11-15(25)10-16(23)18(26)27-5/h6-9,15-16,25H,10-12H2,1-5H3/p+1/t15-,16-/m0/s1. The van der Waals surface area contributed by atoms with Gasteiger partial charge in [-0.2, -0.15) is 4.68 Å². The molecule has 7 nitrogen and oxygen atoms in total. The molecule has 2 N–H and O–H groups in total. The number of methoxy groups -OCH3 is 1. The van der Waals surface area contributed by atoms with Crippen LogP contribution >= 0.6 is 12.2 Å². The largest absolute Gasteiger partial charge is 0.465 e. The summed E-state index contributed by atoms with van der Waals surface area (Å²) in [6, 6.07) is 7.95. The Bertz CT molecular complexity index is 911. The second-order valence-corrected chi connectivity index (χ2v) is 8.84. The first-order valence-electron chi connectivity index (χ1n) is 9.47. The third-order valence-corrected chi connectivity index (χ3v) is 5.87. The number of aromatic nitrogens is 3. The van der Waals surface area contributed by atoms with Crippen molar-refractivity contribution in [2.24, 2.45) is 7.05 Å². The third-order valence-electron chi connectivity index (χ3n) is 5.39. The highest BCUT2D eigenvalue weighted by molar-refractivity contribution is 7.71. The Morgan fingerprint density at radius 1 is 1.36 bits per heavy atom. The molecule has 1 aliphatic heterocycles. The Kier molecular flexibility index (Phi) is 5.74. The molecular formula is C20H29N4O3S+. The van der Waals surface area contributed by atoms with Gasteiger partial charge in [-0.15, -0.1) is 5.10 Å². The number of quaternary nitrogens is 1. The molecule has 1 unspecified atom stereocenters. The highest BCUT2D eigenvalue weighted by atomic mass is 32.1. The summed E-state index contributed by atoms with van der Waals surface area (Å²) in [5.41, 5.74) is 2.33. The van der Waals surface area contributed by atoms with Crippen LogP contribution in [0.5, 0.6) is 0 Å². The number of carbonyl (C=O) groups is 1. The molecule has 0 aliphatic carbocycles. The zero-order chi connectivity index (χ0) is 20.6. The van der Waals surface area contributed by atoms with Gasteiger partial charge in [0.15, 0.2) is 18.5 Å². The van der Waals surface area contributed by atoms with Crippen LogP contribution in [0.25, 0.3) is 11.4 Å². The lowest BCUT2D eigenvalue weighted by molar-refractivity contribution is -0.928. The number of benzene rings is 1. The molecule has 8 heteroatoms. The van der Waals surface area contributed by atoms with Gasteiger partial charge in [-0.3, -0.25) is 0 Å². The van der Waals surface area contributed by atoms with E-state index in [0.29, 0.717) is 24.4 Å². The van der Waals surface area contributed by atoms with Crippen molar-refractivity contribution < 1.29 is 19.5 Å². The number of rotatable bonds is 4. The van der Waals surface area contributed by atoms with Gasteiger partial charge in [0.1, 0.15) is 12.6 Å². The van der Waals surface area contributed by atoms with E-state index in [1.807, 2.05) is 11.6 Å². The highest BCUT2D eigenvalue weighted by Gasteiger charge is 2.41. The van der Waals surface area contributed by atoms with E-state index in [2.05, 4.69) is 45.0 Å². The zero-order valence-electron chi connectivity index (χ0n) is 17.1. The van der Waals surface area contributed by atoms with Gasteiger partial charge in [0.2, 0.25) is 4.77 Å². The van der Waals surface area contributed by atoms with Gasteiger partial charge >= 0.3 is 5.97 Å². The van der Waals surface area contributed by atoms with E-state index in [4.69, 9.17) is 22.1 Å². The summed E-state index contributed by atoms with van der Waals surface area (Å²) >= 11 is 5.57. The Balaban J connectivity index is 1.87. The van der Waals surface area contributed by atoms with Crippen LogP contribution in [-0.4, -0.2) is 51.2 Å². The van der Waals surface area contributed by atoms with Crippen molar-refractivity contribution >= 4 is 18.2 Å². The summed E-state index contributed by atoms with van der Waals surface area (Å²) in [6.45, 7) is 7.42. The van der Waals surface area contributed by atoms with Gasteiger partial charge in [-0.25, -0.2) is 4.79 Å². The quantitative estimate of drug-likeness (QED) is 0.588. The topological polar surface area (TPSA) is 73.7 Å². The van der Waals surface area contributed by atoms with Crippen LogP contribution in [0.3, 0.4) is 0 Å². The van der Waals surface area contributed by atoms with Gasteiger partial charge < -0.3 is 19.3 Å². The fraction of sp³-hybridized carbons (Fsp3) is 0.550. The minimum absolute atomic E-state index is 0.0894. The fourth-order valence-corrected chi connectivity index (χ4v) is 3.89. The molecule has 3 atom stereocenters. The lowest BCUT2D eigenvalue weighted by atomic mass is 9.87. The molecule has 0 spiro atoms. The lowest BCUT2D eigenvalue weighted by Crippen LogP contribution is -3.14. The Hall–Kier alpha value is -2.03. The minimum Gasteiger partial charge on any atom is -0.465 e. The fourth-order valence-electron chi connectivity index (χ4n) is 3.70. The van der Waals surface area contributed by atoms with Gasteiger partial charge in [-0.1, -0.05) is 45.0 Å². The lowest BCUT2D eigenvalue weighted by Gasteiger charge is -2.19. The van der Waals surface area contributed by atoms with Gasteiger partial charge in [0.25, 0.3) is 0 Å². The first kappa shape index (κ1) is 20.7. The number of aliphatic hydroxyl groups is 1. The Morgan fingerprint density at radius 2 is 2.00 bits per heavy atom. The molecule has 2 heterocycles. The summed E-state index contributed by atoms with van der Waals surface area (Å²) in [5, 5.41) is 14.7. The van der Waals surface area contributed by atoms with Crippen molar-refractivity contribution in [1.82, 2.24) is 14.3 Å². The maximum atomic E-state index is 12.0. The van der Waals surface area contributed by atoms with E-state index in [1.54, 1.807) is 4.68 Å². The van der Waals surface area contributed by atoms with Crippen LogP contribution in [0, 0.1) is 4.77 Å². The second-order valence-electron chi connectivity index (χ2n) is 8.48. The Labute approximate surface area is 170 Å². The highest BCUT2D eigenvalue weighted by Crippen LogP contribution is 2.25. The molecule has 0 radical (unpaired) electrons. The van der Waals surface area contributed by atoms with Gasteiger partial charge in [-0.05, 0) is 23.2 Å². The number of carbonyl (C=O) groups excluding carboxylic acids is 1. The molecular weight excluding hydrogens is 376 g/mol. The SMILES string of the molecule is COC(=O)[C@@H]1C[C@H](O)C[NH+]1Cn1nc(-c2ccc(C(C)(C)C)cc2)n(C)c1=S. The summed E-state index contributed by atoms with van der Waals surface area (Å²) in [4.78, 5) is 12.9. The smallest absolute Gasteiger partial charge is 0.364 e. The molecule has 1 aliphatic rings. The predicted molar refractivity (Wildman–Crippen MR) is 108 cm³/mol. The zero-order valence-corrected chi connectivity index (χ0v) is 17.9. The van der Waals surface area contributed by atoms with Crippen LogP contribution in [0.4, 0.5) is 0 Å². The average Bonchev–Trinajstić information content (AvgIpc) is 3.15. The number of nitrogens with zero attached hydrogens (tertiary/aromatic N) is 3. The first-order chi connectivity index (χ1) is 13.1. The molecule has 1 aromatic heterocycles. The monoisotopic (exact) mass is 405 g/mol. The average molecular weight is 406 g/mol. The van der Waals surface area contributed by atoms with Crippen LogP contribution in [0.2, 0.25) is 0 Å². The minimum atomic E-state index is -0.526. The maximum absolute atomic E-state index is 12.0. The Morgan fingerprint density at radius 3 is 2.57 bits per heavy atom.